The molecule has 1 fully saturated rings. The highest BCUT2D eigenvalue weighted by molar-refractivity contribution is 6.46. The van der Waals surface area contributed by atoms with Crippen LogP contribution in [0.1, 0.15) is 40.8 Å². The molecule has 33 heavy (non-hydrogen) atoms. The van der Waals surface area contributed by atoms with Gasteiger partial charge in [-0.15, -0.1) is 0 Å². The minimum absolute atomic E-state index is 0.0846. The molecule has 6 heteroatoms. The van der Waals surface area contributed by atoms with Crippen molar-refractivity contribution in [1.82, 2.24) is 9.88 Å². The normalized spacial score (nSPS) is 17.4. The molecule has 1 saturated heterocycles. The third kappa shape index (κ3) is 4.24. The van der Waals surface area contributed by atoms with E-state index in [9.17, 15) is 14.7 Å². The first-order chi connectivity index (χ1) is 15.9. The number of likely N-dealkylation sites (tertiary alicyclic amines) is 1. The molecule has 0 saturated carbocycles. The molecule has 1 amide bonds. The lowest BCUT2D eigenvalue weighted by Crippen LogP contribution is -2.29. The van der Waals surface area contributed by atoms with Crippen LogP contribution in [0.3, 0.4) is 0 Å². The number of aryl methyl sites for hydroxylation is 2. The van der Waals surface area contributed by atoms with Gasteiger partial charge in [0.2, 0.25) is 0 Å². The van der Waals surface area contributed by atoms with Crippen LogP contribution in [0, 0.1) is 6.92 Å². The summed E-state index contributed by atoms with van der Waals surface area (Å²) in [6, 6.07) is 15.9. The number of pyridine rings is 1. The number of aromatic nitrogens is 1. The number of methoxy groups -OCH3 is 1. The van der Waals surface area contributed by atoms with Crippen LogP contribution < -0.4 is 4.74 Å². The number of nitrogens with zero attached hydrogens (tertiary/aromatic N) is 2. The second-order valence-corrected chi connectivity index (χ2v) is 8.06. The molecule has 4 rings (SSSR count). The van der Waals surface area contributed by atoms with E-state index in [0.29, 0.717) is 11.3 Å². The highest BCUT2D eigenvalue weighted by Crippen LogP contribution is 2.41. The Bertz CT molecular complexity index is 1220. The molecule has 0 radical (unpaired) electrons. The van der Waals surface area contributed by atoms with E-state index in [2.05, 4.69) is 11.9 Å². The van der Waals surface area contributed by atoms with Crippen LogP contribution in [0.2, 0.25) is 0 Å². The third-order valence-electron chi connectivity index (χ3n) is 6.01. The molecule has 6 nitrogen and oxygen atoms in total. The lowest BCUT2D eigenvalue weighted by atomic mass is 9.93. The van der Waals surface area contributed by atoms with E-state index in [-0.39, 0.29) is 17.9 Å². The van der Waals surface area contributed by atoms with Crippen molar-refractivity contribution in [3.8, 4) is 5.75 Å². The van der Waals surface area contributed by atoms with Gasteiger partial charge in [-0.1, -0.05) is 37.3 Å². The van der Waals surface area contributed by atoms with Crippen LogP contribution in [-0.2, 0) is 22.6 Å². The Balaban J connectivity index is 1.87. The Kier molecular flexibility index (Phi) is 6.27. The van der Waals surface area contributed by atoms with Crippen LogP contribution in [0.15, 0.2) is 72.6 Å². The second-order valence-electron chi connectivity index (χ2n) is 8.06. The lowest BCUT2D eigenvalue weighted by Gasteiger charge is -2.25. The molecular formula is C27H26N2O4. The summed E-state index contributed by atoms with van der Waals surface area (Å²) in [6.07, 6.45) is 4.20. The second kappa shape index (κ2) is 9.28. The highest BCUT2D eigenvalue weighted by atomic mass is 16.5. The van der Waals surface area contributed by atoms with Crippen LogP contribution in [0.25, 0.3) is 5.76 Å². The zero-order valence-electron chi connectivity index (χ0n) is 18.9. The summed E-state index contributed by atoms with van der Waals surface area (Å²) >= 11 is 0. The fourth-order valence-electron chi connectivity index (χ4n) is 4.19. The van der Waals surface area contributed by atoms with Gasteiger partial charge in [0.05, 0.1) is 18.7 Å². The maximum Gasteiger partial charge on any atom is 0.295 e. The van der Waals surface area contributed by atoms with Crippen molar-refractivity contribution >= 4 is 17.4 Å². The van der Waals surface area contributed by atoms with Gasteiger partial charge in [0.25, 0.3) is 11.7 Å². The molecule has 1 aliphatic rings. The Labute approximate surface area is 193 Å². The van der Waals surface area contributed by atoms with E-state index in [4.69, 9.17) is 4.74 Å². The molecule has 1 atom stereocenters. The third-order valence-corrected chi connectivity index (χ3v) is 6.01. The molecule has 0 spiro atoms. The summed E-state index contributed by atoms with van der Waals surface area (Å²) in [5.41, 5.74) is 4.03. The molecule has 2 heterocycles. The van der Waals surface area contributed by atoms with Gasteiger partial charge in [-0.05, 0) is 59.9 Å². The Morgan fingerprint density at radius 3 is 2.45 bits per heavy atom. The van der Waals surface area contributed by atoms with Crippen LogP contribution in [0.5, 0.6) is 5.75 Å². The van der Waals surface area contributed by atoms with Crippen LogP contribution in [-0.4, -0.2) is 33.8 Å². The predicted octanol–water partition coefficient (Wildman–Crippen LogP) is 4.58. The van der Waals surface area contributed by atoms with E-state index < -0.39 is 17.7 Å². The van der Waals surface area contributed by atoms with Gasteiger partial charge in [0.1, 0.15) is 11.5 Å². The number of amides is 1. The van der Waals surface area contributed by atoms with Gasteiger partial charge in [0.15, 0.2) is 0 Å². The first-order valence-electron chi connectivity index (χ1n) is 10.9. The van der Waals surface area contributed by atoms with Gasteiger partial charge in [0, 0.05) is 24.5 Å². The maximum absolute atomic E-state index is 13.2. The zero-order valence-corrected chi connectivity index (χ0v) is 18.9. The van der Waals surface area contributed by atoms with E-state index >= 15 is 0 Å². The topological polar surface area (TPSA) is 79.7 Å². The molecule has 2 aromatic carbocycles. The molecule has 1 aliphatic heterocycles. The SMILES string of the molecule is CCc1ccc([C@H]2C(=C(O)c3ccc(OC)cc3C)C(=O)C(=O)N2Cc2cccnc2)cc1. The summed E-state index contributed by atoms with van der Waals surface area (Å²) in [5, 5.41) is 11.3. The minimum atomic E-state index is -0.711. The van der Waals surface area contributed by atoms with E-state index in [1.54, 1.807) is 43.8 Å². The van der Waals surface area contributed by atoms with Crippen molar-refractivity contribution < 1.29 is 19.4 Å². The summed E-state index contributed by atoms with van der Waals surface area (Å²) in [6.45, 7) is 4.10. The number of rotatable bonds is 6. The number of ketones is 1. The number of aliphatic hydroxyl groups is 1. The van der Waals surface area contributed by atoms with Crippen LogP contribution in [0.4, 0.5) is 0 Å². The van der Waals surface area contributed by atoms with Crippen molar-refractivity contribution in [3.63, 3.8) is 0 Å². The fraction of sp³-hybridized carbons (Fsp3) is 0.222. The summed E-state index contributed by atoms with van der Waals surface area (Å²) in [4.78, 5) is 32.0. The Morgan fingerprint density at radius 2 is 1.85 bits per heavy atom. The first-order valence-corrected chi connectivity index (χ1v) is 10.9. The molecule has 168 valence electrons. The molecular weight excluding hydrogens is 416 g/mol. The number of aliphatic hydroxyl groups excluding tert-OH is 1. The van der Waals surface area contributed by atoms with Crippen molar-refractivity contribution in [2.45, 2.75) is 32.9 Å². The smallest absolute Gasteiger partial charge is 0.295 e. The number of hydrogen-bond donors (Lipinski definition) is 1. The first kappa shape index (κ1) is 22.3. The number of ether oxygens (including phenoxy) is 1. The van der Waals surface area contributed by atoms with Crippen molar-refractivity contribution in [3.05, 3.63) is 100 Å². The summed E-state index contributed by atoms with van der Waals surface area (Å²) in [7, 11) is 1.57. The molecule has 3 aromatic rings. The summed E-state index contributed by atoms with van der Waals surface area (Å²) < 4.78 is 5.26. The van der Waals surface area contributed by atoms with Gasteiger partial charge in [-0.25, -0.2) is 0 Å². The van der Waals surface area contributed by atoms with Crippen molar-refractivity contribution in [2.24, 2.45) is 0 Å². The fourth-order valence-corrected chi connectivity index (χ4v) is 4.19. The van der Waals surface area contributed by atoms with E-state index in [0.717, 1.165) is 28.7 Å². The zero-order chi connectivity index (χ0) is 23.5. The maximum atomic E-state index is 13.2. The predicted molar refractivity (Wildman–Crippen MR) is 126 cm³/mol. The number of benzene rings is 2. The van der Waals surface area contributed by atoms with Crippen molar-refractivity contribution in [2.75, 3.05) is 7.11 Å². The number of carbonyl (C=O) groups excluding carboxylic acids is 2. The van der Waals surface area contributed by atoms with Gasteiger partial charge < -0.3 is 14.7 Å². The number of carbonyl (C=O) groups is 2. The largest absolute Gasteiger partial charge is 0.507 e. The monoisotopic (exact) mass is 442 g/mol. The lowest BCUT2D eigenvalue weighted by molar-refractivity contribution is -0.140. The van der Waals surface area contributed by atoms with Crippen LogP contribution >= 0.6 is 0 Å². The molecule has 0 aliphatic carbocycles. The number of hydrogen-bond acceptors (Lipinski definition) is 5. The van der Waals surface area contributed by atoms with E-state index in [1.165, 1.54) is 4.90 Å². The molecule has 1 aromatic heterocycles. The summed E-state index contributed by atoms with van der Waals surface area (Å²) in [5.74, 6) is -0.883. The molecule has 0 bridgehead atoms. The highest BCUT2D eigenvalue weighted by Gasteiger charge is 2.46. The standard InChI is InChI=1S/C27H26N2O4/c1-4-18-7-9-20(10-8-18)24-23(25(30)22-12-11-21(33-3)14-17(22)2)26(31)27(32)29(24)16-19-6-5-13-28-15-19/h5-15,24,30H,4,16H2,1-3H3/t24-/m0/s1. The minimum Gasteiger partial charge on any atom is -0.507 e. The molecule has 1 N–H and O–H groups in total. The van der Waals surface area contributed by atoms with E-state index in [1.807, 2.05) is 37.3 Å². The van der Waals surface area contributed by atoms with Gasteiger partial charge in [-0.2, -0.15) is 0 Å². The Hall–Kier alpha value is -3.93. The Morgan fingerprint density at radius 1 is 1.09 bits per heavy atom. The molecule has 0 unspecified atom stereocenters. The van der Waals surface area contributed by atoms with Gasteiger partial charge in [-0.3, -0.25) is 14.6 Å². The quantitative estimate of drug-likeness (QED) is 0.343. The van der Waals surface area contributed by atoms with Gasteiger partial charge >= 0.3 is 0 Å². The average Bonchev–Trinajstić information content (AvgIpc) is 3.09. The van der Waals surface area contributed by atoms with Crippen molar-refractivity contribution in [1.29, 1.82) is 0 Å². The average molecular weight is 443 g/mol. The number of Topliss-reactive ketones (excluding diaryl/α,β-unsaturated/α-hetero) is 1.